The molecule has 1 N–H and O–H groups in total. The third kappa shape index (κ3) is 3.87. The van der Waals surface area contributed by atoms with Crippen LogP contribution >= 0.6 is 0 Å². The molecule has 1 aliphatic rings. The molecule has 1 heterocycles. The molecule has 5 nitrogen and oxygen atoms in total. The lowest BCUT2D eigenvalue weighted by molar-refractivity contribution is 0.0274. The Labute approximate surface area is 119 Å². The molecule has 0 saturated carbocycles. The molecule has 0 fully saturated rings. The predicted octanol–water partition coefficient (Wildman–Crippen LogP) is 2.32. The number of benzene rings is 1. The normalized spacial score (nSPS) is 13.3. The van der Waals surface area contributed by atoms with Crippen molar-refractivity contribution in [1.82, 2.24) is 0 Å². The van der Waals surface area contributed by atoms with Crippen LogP contribution in [0.5, 0.6) is 5.75 Å². The first-order chi connectivity index (χ1) is 9.68. The Bertz CT molecular complexity index is 459. The van der Waals surface area contributed by atoms with Crippen LogP contribution in [-0.4, -0.2) is 38.9 Å². The number of fused-ring (bicyclic) bond motifs is 1. The van der Waals surface area contributed by atoms with Crippen molar-refractivity contribution in [2.24, 2.45) is 5.92 Å². The smallest absolute Gasteiger partial charge is 0.342 e. The molecule has 0 spiro atoms. The number of anilines is 1. The molecule has 0 bridgehead atoms. The number of nitrogens with one attached hydrogen (secondary N) is 1. The molecule has 0 radical (unpaired) electrons. The molecular formula is C15H21NO4. The molecule has 2 rings (SSSR count). The summed E-state index contributed by atoms with van der Waals surface area (Å²) in [6, 6.07) is 5.41. The van der Waals surface area contributed by atoms with E-state index in [0.29, 0.717) is 37.1 Å². The summed E-state index contributed by atoms with van der Waals surface area (Å²) in [6.07, 6.45) is 0. The molecule has 5 heteroatoms. The number of ether oxygens (including phenoxy) is 3. The summed E-state index contributed by atoms with van der Waals surface area (Å²) in [4.78, 5) is 12.0. The van der Waals surface area contributed by atoms with Gasteiger partial charge in [0.1, 0.15) is 18.8 Å². The fourth-order valence-electron chi connectivity index (χ4n) is 1.92. The molecular weight excluding hydrogens is 258 g/mol. The minimum absolute atomic E-state index is 0.253. The van der Waals surface area contributed by atoms with E-state index in [1.54, 1.807) is 6.07 Å². The number of carbonyl (C=O) groups excluding carboxylic acids is 1. The summed E-state index contributed by atoms with van der Waals surface area (Å²) < 4.78 is 16.1. The number of hydrogen-bond acceptors (Lipinski definition) is 5. The van der Waals surface area contributed by atoms with Crippen LogP contribution in [0.25, 0.3) is 0 Å². The van der Waals surface area contributed by atoms with Gasteiger partial charge in [-0.15, -0.1) is 0 Å². The molecule has 1 aromatic carbocycles. The molecule has 1 aromatic rings. The number of hydrogen-bond donors (Lipinski definition) is 1. The lowest BCUT2D eigenvalue weighted by Crippen LogP contribution is -2.21. The topological polar surface area (TPSA) is 56.8 Å². The zero-order chi connectivity index (χ0) is 14.4. The first-order valence-corrected chi connectivity index (χ1v) is 6.93. The Balaban J connectivity index is 1.86. The van der Waals surface area contributed by atoms with Crippen molar-refractivity contribution in [3.63, 3.8) is 0 Å². The highest BCUT2D eigenvalue weighted by atomic mass is 16.6. The number of para-hydroxylation sites is 1. The van der Waals surface area contributed by atoms with Crippen LogP contribution < -0.4 is 10.1 Å². The number of rotatable bonds is 6. The summed E-state index contributed by atoms with van der Waals surface area (Å²) in [7, 11) is 0. The van der Waals surface area contributed by atoms with Gasteiger partial charge in [-0.25, -0.2) is 4.79 Å². The molecule has 1 aliphatic heterocycles. The third-order valence-electron chi connectivity index (χ3n) is 2.81. The Morgan fingerprint density at radius 1 is 1.40 bits per heavy atom. The third-order valence-corrected chi connectivity index (χ3v) is 2.81. The van der Waals surface area contributed by atoms with Crippen LogP contribution in [-0.2, 0) is 9.47 Å². The molecule has 20 heavy (non-hydrogen) atoms. The minimum Gasteiger partial charge on any atom is -0.489 e. The second-order valence-electron chi connectivity index (χ2n) is 5.06. The summed E-state index contributed by atoms with van der Waals surface area (Å²) >= 11 is 0. The van der Waals surface area contributed by atoms with Crippen molar-refractivity contribution in [2.75, 3.05) is 38.3 Å². The van der Waals surface area contributed by atoms with E-state index in [-0.39, 0.29) is 12.6 Å². The fraction of sp³-hybridized carbons (Fsp3) is 0.533. The van der Waals surface area contributed by atoms with Crippen LogP contribution in [0.15, 0.2) is 18.2 Å². The van der Waals surface area contributed by atoms with Gasteiger partial charge in [0.2, 0.25) is 0 Å². The van der Waals surface area contributed by atoms with Crippen LogP contribution in [0, 0.1) is 5.92 Å². The van der Waals surface area contributed by atoms with Gasteiger partial charge >= 0.3 is 5.97 Å². The molecule has 0 aromatic heterocycles. The van der Waals surface area contributed by atoms with Crippen LogP contribution in [0.1, 0.15) is 24.2 Å². The summed E-state index contributed by atoms with van der Waals surface area (Å²) in [5.74, 6) is 0.678. The van der Waals surface area contributed by atoms with Crippen molar-refractivity contribution in [2.45, 2.75) is 13.8 Å². The second kappa shape index (κ2) is 7.14. The first-order valence-electron chi connectivity index (χ1n) is 6.93. The van der Waals surface area contributed by atoms with Crippen molar-refractivity contribution < 1.29 is 19.0 Å². The fourth-order valence-corrected chi connectivity index (χ4v) is 1.92. The van der Waals surface area contributed by atoms with E-state index in [1.807, 2.05) is 12.1 Å². The number of carbonyl (C=O) groups is 1. The Morgan fingerprint density at radius 2 is 2.25 bits per heavy atom. The van der Waals surface area contributed by atoms with Crippen LogP contribution in [0.3, 0.4) is 0 Å². The highest BCUT2D eigenvalue weighted by molar-refractivity contribution is 5.95. The minimum atomic E-state index is -0.376. The largest absolute Gasteiger partial charge is 0.489 e. The zero-order valence-corrected chi connectivity index (χ0v) is 12.0. The van der Waals surface area contributed by atoms with Crippen molar-refractivity contribution in [3.8, 4) is 5.75 Å². The SMILES string of the molecule is CC(C)COCCOC(=O)c1cccc2c1OCCN2. The monoisotopic (exact) mass is 279 g/mol. The van der Waals surface area contributed by atoms with Gasteiger partial charge in [0.15, 0.2) is 5.75 Å². The molecule has 0 aliphatic carbocycles. The second-order valence-corrected chi connectivity index (χ2v) is 5.06. The zero-order valence-electron chi connectivity index (χ0n) is 12.0. The first kappa shape index (κ1) is 14.7. The van der Waals surface area contributed by atoms with Gasteiger partial charge in [0.05, 0.1) is 12.3 Å². The maximum Gasteiger partial charge on any atom is 0.342 e. The molecule has 0 unspecified atom stereocenters. The Morgan fingerprint density at radius 3 is 3.05 bits per heavy atom. The van der Waals surface area contributed by atoms with Crippen molar-refractivity contribution in [3.05, 3.63) is 23.8 Å². The van der Waals surface area contributed by atoms with Gasteiger partial charge in [-0.2, -0.15) is 0 Å². The van der Waals surface area contributed by atoms with Crippen LogP contribution in [0.2, 0.25) is 0 Å². The van der Waals surface area contributed by atoms with Gasteiger partial charge in [-0.3, -0.25) is 0 Å². The van der Waals surface area contributed by atoms with Gasteiger partial charge in [0, 0.05) is 13.2 Å². The lowest BCUT2D eigenvalue weighted by atomic mass is 10.1. The van der Waals surface area contributed by atoms with E-state index in [0.717, 1.165) is 12.2 Å². The van der Waals surface area contributed by atoms with E-state index in [1.165, 1.54) is 0 Å². The van der Waals surface area contributed by atoms with E-state index in [4.69, 9.17) is 14.2 Å². The van der Waals surface area contributed by atoms with Crippen LogP contribution in [0.4, 0.5) is 5.69 Å². The Hall–Kier alpha value is -1.75. The lowest BCUT2D eigenvalue weighted by Gasteiger charge is -2.21. The standard InChI is InChI=1S/C15H21NO4/c1-11(2)10-18-8-9-20-15(17)12-4-3-5-13-14(12)19-7-6-16-13/h3-5,11,16H,6-10H2,1-2H3. The average molecular weight is 279 g/mol. The van der Waals surface area contributed by atoms with Gasteiger partial charge in [-0.05, 0) is 18.1 Å². The van der Waals surface area contributed by atoms with Gasteiger partial charge < -0.3 is 19.5 Å². The maximum absolute atomic E-state index is 12.0. The number of esters is 1. The molecule has 0 atom stereocenters. The predicted molar refractivity (Wildman–Crippen MR) is 76.4 cm³/mol. The summed E-state index contributed by atoms with van der Waals surface area (Å²) in [6.45, 7) is 6.79. The Kier molecular flexibility index (Phi) is 5.24. The van der Waals surface area contributed by atoms with E-state index < -0.39 is 0 Å². The van der Waals surface area contributed by atoms with Gasteiger partial charge in [0.25, 0.3) is 0 Å². The summed E-state index contributed by atoms with van der Waals surface area (Å²) in [5.41, 5.74) is 1.29. The molecule has 110 valence electrons. The molecule has 0 saturated heterocycles. The summed E-state index contributed by atoms with van der Waals surface area (Å²) in [5, 5.41) is 3.19. The quantitative estimate of drug-likeness (QED) is 0.639. The maximum atomic E-state index is 12.0. The average Bonchev–Trinajstić information content (AvgIpc) is 2.45. The van der Waals surface area contributed by atoms with E-state index in [2.05, 4.69) is 19.2 Å². The van der Waals surface area contributed by atoms with E-state index in [9.17, 15) is 4.79 Å². The van der Waals surface area contributed by atoms with Gasteiger partial charge in [-0.1, -0.05) is 19.9 Å². The molecule has 0 amide bonds. The highest BCUT2D eigenvalue weighted by Gasteiger charge is 2.19. The highest BCUT2D eigenvalue weighted by Crippen LogP contribution is 2.31. The van der Waals surface area contributed by atoms with Crippen molar-refractivity contribution >= 4 is 11.7 Å². The van der Waals surface area contributed by atoms with Crippen molar-refractivity contribution in [1.29, 1.82) is 0 Å². The van der Waals surface area contributed by atoms with E-state index >= 15 is 0 Å².